The normalized spacial score (nSPS) is 21.0. The summed E-state index contributed by atoms with van der Waals surface area (Å²) in [5.74, 6) is -0.395. The van der Waals surface area contributed by atoms with E-state index in [0.717, 1.165) is 32.2 Å². The van der Waals surface area contributed by atoms with Gasteiger partial charge in [0.25, 0.3) is 0 Å². The smallest absolute Gasteiger partial charge is 0.169 e. The van der Waals surface area contributed by atoms with Gasteiger partial charge >= 0.3 is 0 Å². The van der Waals surface area contributed by atoms with Crippen LogP contribution in [0.1, 0.15) is 181 Å². The van der Waals surface area contributed by atoms with Gasteiger partial charge in [-0.1, -0.05) is 140 Å². The molecule has 0 radical (unpaired) electrons. The van der Waals surface area contributed by atoms with Crippen LogP contribution >= 0.6 is 0 Å². The van der Waals surface area contributed by atoms with E-state index in [9.17, 15) is 0 Å². The van der Waals surface area contributed by atoms with E-state index in [1.54, 1.807) is 0 Å². The lowest BCUT2D eigenvalue weighted by Gasteiger charge is -2.31. The van der Waals surface area contributed by atoms with E-state index < -0.39 is 5.79 Å². The van der Waals surface area contributed by atoms with Crippen molar-refractivity contribution in [3.63, 3.8) is 0 Å². The highest BCUT2D eigenvalue weighted by molar-refractivity contribution is 4.96. The molecule has 48 heavy (non-hydrogen) atoms. The average molecular weight is 670 g/mol. The van der Waals surface area contributed by atoms with Gasteiger partial charge < -0.3 is 19.1 Å². The van der Waals surface area contributed by atoms with Gasteiger partial charge in [-0.25, -0.2) is 0 Å². The molecular formula is C44H79NO3. The van der Waals surface area contributed by atoms with Crippen molar-refractivity contribution in [3.05, 3.63) is 48.6 Å². The monoisotopic (exact) mass is 670 g/mol. The summed E-state index contributed by atoms with van der Waals surface area (Å²) in [6.45, 7) is 6.11. The lowest BCUT2D eigenvalue weighted by molar-refractivity contribution is -0.209. The van der Waals surface area contributed by atoms with Gasteiger partial charge in [0.2, 0.25) is 0 Å². The summed E-state index contributed by atoms with van der Waals surface area (Å²) in [6, 6.07) is 0. The van der Waals surface area contributed by atoms with E-state index in [1.807, 2.05) is 0 Å². The summed E-state index contributed by atoms with van der Waals surface area (Å²) in [5, 5.41) is 0. The Bertz CT molecular complexity index is 798. The van der Waals surface area contributed by atoms with Crippen LogP contribution in [0.3, 0.4) is 0 Å². The highest BCUT2D eigenvalue weighted by Crippen LogP contribution is 2.42. The summed E-state index contributed by atoms with van der Waals surface area (Å²) in [6.07, 6.45) is 51.9. The molecule has 0 spiro atoms. The third kappa shape index (κ3) is 21.1. The number of ether oxygens (including phenoxy) is 3. The van der Waals surface area contributed by atoms with E-state index in [4.69, 9.17) is 14.2 Å². The second-order valence-corrected chi connectivity index (χ2v) is 15.0. The number of allylic oxidation sites excluding steroid dienone is 8. The molecule has 0 aromatic rings. The molecule has 0 amide bonds. The molecule has 0 bridgehead atoms. The molecule has 4 nitrogen and oxygen atoms in total. The maximum Gasteiger partial charge on any atom is 0.169 e. The van der Waals surface area contributed by atoms with E-state index >= 15 is 0 Å². The second-order valence-electron chi connectivity index (χ2n) is 15.0. The van der Waals surface area contributed by atoms with Gasteiger partial charge in [-0.15, -0.1) is 0 Å². The Labute approximate surface area is 299 Å². The van der Waals surface area contributed by atoms with E-state index in [2.05, 4.69) is 81.5 Å². The van der Waals surface area contributed by atoms with Crippen molar-refractivity contribution in [1.29, 1.82) is 0 Å². The Balaban J connectivity index is 1.59. The fourth-order valence-corrected chi connectivity index (χ4v) is 7.09. The van der Waals surface area contributed by atoms with E-state index in [0.29, 0.717) is 6.61 Å². The predicted octanol–water partition coefficient (Wildman–Crippen LogP) is 12.8. The molecule has 0 aliphatic carbocycles. The molecule has 2 rings (SSSR count). The first kappa shape index (κ1) is 43.0. The van der Waals surface area contributed by atoms with Gasteiger partial charge in [0.05, 0.1) is 12.7 Å². The fraction of sp³-hybridized carbons (Fsp3) is 0.818. The first-order chi connectivity index (χ1) is 23.6. The third-order valence-electron chi connectivity index (χ3n) is 9.99. The highest BCUT2D eigenvalue weighted by Gasteiger charge is 2.53. The molecule has 2 aliphatic rings. The number of likely N-dealkylation sites (N-methyl/N-ethyl adjacent to an activating group) is 1. The Hall–Kier alpha value is -1.20. The van der Waals surface area contributed by atoms with Crippen LogP contribution in [0.5, 0.6) is 0 Å². The summed E-state index contributed by atoms with van der Waals surface area (Å²) < 4.78 is 19.7. The number of rotatable bonds is 32. The minimum absolute atomic E-state index is 0.0848. The number of hydrogen-bond acceptors (Lipinski definition) is 4. The SMILES string of the molecule is CCCCC/C=C\C/C=C\CCCCCCCCC1(CCCCCCCC/C=C\C/C=C\CCCCC)O[C@H]2[C@H](CN(C)C)OC[C@H]2O1. The fourth-order valence-electron chi connectivity index (χ4n) is 7.09. The molecule has 0 aromatic heterocycles. The van der Waals surface area contributed by atoms with Crippen molar-refractivity contribution >= 4 is 0 Å². The summed E-state index contributed by atoms with van der Waals surface area (Å²) in [4.78, 5) is 2.21. The molecule has 3 atom stereocenters. The molecule has 0 unspecified atom stereocenters. The largest absolute Gasteiger partial charge is 0.371 e. The second kappa shape index (κ2) is 29.5. The van der Waals surface area contributed by atoms with Crippen molar-refractivity contribution in [2.24, 2.45) is 0 Å². The minimum Gasteiger partial charge on any atom is -0.371 e. The zero-order chi connectivity index (χ0) is 34.4. The van der Waals surface area contributed by atoms with Crippen LogP contribution in [-0.2, 0) is 14.2 Å². The average Bonchev–Trinajstić information content (AvgIpc) is 3.62. The standard InChI is InChI=1S/C44H79NO3/c1-5-7-9-11-13-15-17-19-21-23-25-27-29-31-33-35-37-44(47-42-40-46-41(39-45(3)4)43(42)48-44)38-36-34-32-30-28-26-24-22-20-18-16-14-12-10-8-6-2/h13-16,19-22,41-43H,5-12,17-18,23-40H2,1-4H3/b15-13-,16-14-,21-19-,22-20-/t41-,42+,43-/m0/s1. The van der Waals surface area contributed by atoms with Crippen LogP contribution in [0.2, 0.25) is 0 Å². The Morgan fingerprint density at radius 2 is 0.938 bits per heavy atom. The minimum atomic E-state index is -0.395. The zero-order valence-corrected chi connectivity index (χ0v) is 32.3. The first-order valence-electron chi connectivity index (χ1n) is 20.8. The molecule has 2 aliphatic heterocycles. The van der Waals surface area contributed by atoms with Gasteiger partial charge in [0, 0.05) is 19.4 Å². The quantitative estimate of drug-likeness (QED) is 0.0527. The first-order valence-corrected chi connectivity index (χ1v) is 20.8. The van der Waals surface area contributed by atoms with Crippen LogP contribution in [0, 0.1) is 0 Å². The van der Waals surface area contributed by atoms with Gasteiger partial charge in [-0.2, -0.15) is 0 Å². The van der Waals surface area contributed by atoms with Gasteiger partial charge in [0.15, 0.2) is 5.79 Å². The van der Waals surface area contributed by atoms with E-state index in [-0.39, 0.29) is 18.3 Å². The van der Waals surface area contributed by atoms with Crippen molar-refractivity contribution in [2.45, 2.75) is 205 Å². The maximum absolute atomic E-state index is 6.84. The van der Waals surface area contributed by atoms with Gasteiger partial charge in [-0.3, -0.25) is 0 Å². The van der Waals surface area contributed by atoms with Crippen molar-refractivity contribution in [3.8, 4) is 0 Å². The number of nitrogens with zero attached hydrogens (tertiary/aromatic N) is 1. The lowest BCUT2D eigenvalue weighted by atomic mass is 9.98. The van der Waals surface area contributed by atoms with Crippen LogP contribution < -0.4 is 0 Å². The summed E-state index contributed by atoms with van der Waals surface area (Å²) in [7, 11) is 4.24. The molecule has 4 heteroatoms. The summed E-state index contributed by atoms with van der Waals surface area (Å²) in [5.41, 5.74) is 0. The number of hydrogen-bond donors (Lipinski definition) is 0. The van der Waals surface area contributed by atoms with Gasteiger partial charge in [-0.05, 0) is 91.1 Å². The molecular weight excluding hydrogens is 590 g/mol. The molecule has 2 fully saturated rings. The Morgan fingerprint density at radius 1 is 0.521 bits per heavy atom. The summed E-state index contributed by atoms with van der Waals surface area (Å²) >= 11 is 0. The number of unbranched alkanes of at least 4 members (excludes halogenated alkanes) is 18. The molecule has 0 saturated carbocycles. The third-order valence-corrected chi connectivity index (χ3v) is 9.99. The maximum atomic E-state index is 6.84. The Kier molecular flexibility index (Phi) is 26.4. The van der Waals surface area contributed by atoms with Crippen LogP contribution in [0.25, 0.3) is 0 Å². The van der Waals surface area contributed by atoms with Crippen molar-refractivity contribution in [1.82, 2.24) is 4.90 Å². The predicted molar refractivity (Wildman–Crippen MR) is 209 cm³/mol. The van der Waals surface area contributed by atoms with Crippen molar-refractivity contribution in [2.75, 3.05) is 27.2 Å². The van der Waals surface area contributed by atoms with Crippen LogP contribution in [-0.4, -0.2) is 56.2 Å². The van der Waals surface area contributed by atoms with Gasteiger partial charge in [0.1, 0.15) is 12.2 Å². The van der Waals surface area contributed by atoms with Crippen LogP contribution in [0.15, 0.2) is 48.6 Å². The lowest BCUT2D eigenvalue weighted by Crippen LogP contribution is -2.38. The topological polar surface area (TPSA) is 30.9 Å². The number of fused-ring (bicyclic) bond motifs is 1. The zero-order valence-electron chi connectivity index (χ0n) is 32.3. The Morgan fingerprint density at radius 3 is 1.38 bits per heavy atom. The molecule has 0 aromatic carbocycles. The van der Waals surface area contributed by atoms with E-state index in [1.165, 1.54) is 141 Å². The highest BCUT2D eigenvalue weighted by atomic mass is 16.8. The molecule has 0 N–H and O–H groups in total. The molecule has 2 saturated heterocycles. The molecule has 2 heterocycles. The van der Waals surface area contributed by atoms with Crippen molar-refractivity contribution < 1.29 is 14.2 Å². The molecule has 278 valence electrons. The van der Waals surface area contributed by atoms with Crippen LogP contribution in [0.4, 0.5) is 0 Å².